The van der Waals surface area contributed by atoms with Crippen LogP contribution < -0.4 is 31.3 Å². The van der Waals surface area contributed by atoms with Crippen molar-refractivity contribution in [2.45, 2.75) is 141 Å². The summed E-state index contributed by atoms with van der Waals surface area (Å²) in [6.45, 7) is 8.31. The fourth-order valence-corrected chi connectivity index (χ4v) is 10.1. The highest BCUT2D eigenvalue weighted by Crippen LogP contribution is 2.28. The molecule has 0 saturated carbocycles. The number of benzene rings is 4. The van der Waals surface area contributed by atoms with Crippen LogP contribution in [0.25, 0.3) is 22.3 Å². The number of carbonyl (C=O) groups excluding carboxylic acids is 7. The maximum Gasteiger partial charge on any atom is 0.251 e. The fraction of sp³-hybridized carbons (Fsp3) is 0.466. The lowest BCUT2D eigenvalue weighted by Crippen LogP contribution is -2.59. The summed E-state index contributed by atoms with van der Waals surface area (Å²) in [5.41, 5.74) is 4.87. The highest BCUT2D eigenvalue weighted by Gasteiger charge is 2.42. The van der Waals surface area contributed by atoms with Crippen LogP contribution in [-0.4, -0.2) is 130 Å². The number of phenolic OH excluding ortho intramolecular Hbond substituents is 1. The maximum absolute atomic E-state index is 14.3. The Kier molecular flexibility index (Phi) is 19.4. The molecule has 17 nitrogen and oxygen atoms in total. The molecule has 0 radical (unpaired) electrons. The second-order valence-electron chi connectivity index (χ2n) is 20.1. The van der Waals surface area contributed by atoms with Crippen LogP contribution in [0.5, 0.6) is 11.5 Å². The zero-order valence-electron chi connectivity index (χ0n) is 43.5. The SMILES string of the molecule is CCCCCOc1ccc(-c2ccc(-c3ccc(C(=O)N[C@H]4C[C@@H](O)CNC(=O)[C@@H]5C[C@@H](C)CN5C(=O)[C@H](CC)NC(=O)[C@H](CCc5ccc(O)cc5)NC(=O)[C@@H]5CCCN5C(=O)[C@H](CC)NC4=O)cc3)cc2)cc1. The van der Waals surface area contributed by atoms with Crippen LogP contribution in [0.2, 0.25) is 0 Å². The second-order valence-corrected chi connectivity index (χ2v) is 20.1. The molecule has 3 aliphatic heterocycles. The Hall–Kier alpha value is -7.27. The third-order valence-electron chi connectivity index (χ3n) is 14.5. The molecule has 400 valence electrons. The third kappa shape index (κ3) is 14.5. The van der Waals surface area contributed by atoms with E-state index < -0.39 is 83.7 Å². The minimum absolute atomic E-state index is 0.0680. The molecule has 3 saturated heterocycles. The molecule has 0 aromatic heterocycles. The van der Waals surface area contributed by atoms with Gasteiger partial charge in [-0.2, -0.15) is 0 Å². The zero-order valence-corrected chi connectivity index (χ0v) is 43.5. The minimum Gasteiger partial charge on any atom is -0.508 e. The van der Waals surface area contributed by atoms with Crippen molar-refractivity contribution >= 4 is 41.4 Å². The monoisotopic (exact) mass is 1030 g/mol. The summed E-state index contributed by atoms with van der Waals surface area (Å²) in [6, 6.07) is 22.8. The molecule has 3 heterocycles. The van der Waals surface area contributed by atoms with E-state index in [0.717, 1.165) is 52.8 Å². The Morgan fingerprint density at radius 1 is 0.667 bits per heavy atom. The molecular formula is C58H73N7O10. The molecule has 0 bridgehead atoms. The number of aromatic hydroxyl groups is 1. The van der Waals surface area contributed by atoms with E-state index in [1.807, 2.05) is 55.5 Å². The summed E-state index contributed by atoms with van der Waals surface area (Å²) in [5.74, 6) is -3.28. The summed E-state index contributed by atoms with van der Waals surface area (Å²) in [6.07, 6.45) is 3.41. The fourth-order valence-electron chi connectivity index (χ4n) is 10.1. The Labute approximate surface area is 439 Å². The first-order valence-electron chi connectivity index (χ1n) is 26.7. The van der Waals surface area contributed by atoms with Gasteiger partial charge in [0, 0.05) is 31.6 Å². The van der Waals surface area contributed by atoms with Crippen molar-refractivity contribution in [3.8, 4) is 33.8 Å². The number of unbranched alkanes of at least 4 members (excludes halogenated alkanes) is 2. The first-order valence-corrected chi connectivity index (χ1v) is 26.7. The van der Waals surface area contributed by atoms with Crippen LogP contribution >= 0.6 is 0 Å². The minimum atomic E-state index is -1.38. The first kappa shape index (κ1) is 55.5. The number of aliphatic hydroxyl groups is 1. The summed E-state index contributed by atoms with van der Waals surface area (Å²) < 4.78 is 5.87. The van der Waals surface area contributed by atoms with Gasteiger partial charge in [-0.3, -0.25) is 33.6 Å². The molecule has 3 fully saturated rings. The van der Waals surface area contributed by atoms with Crippen LogP contribution in [0.3, 0.4) is 0 Å². The van der Waals surface area contributed by atoms with Crippen molar-refractivity contribution in [1.29, 1.82) is 0 Å². The van der Waals surface area contributed by atoms with Crippen molar-refractivity contribution < 1.29 is 48.5 Å². The van der Waals surface area contributed by atoms with Gasteiger partial charge in [0.05, 0.1) is 12.7 Å². The predicted octanol–water partition coefficient (Wildman–Crippen LogP) is 5.41. The van der Waals surface area contributed by atoms with E-state index in [0.29, 0.717) is 32.3 Å². The lowest BCUT2D eigenvalue weighted by atomic mass is 9.99. The molecule has 8 atom stereocenters. The summed E-state index contributed by atoms with van der Waals surface area (Å²) >= 11 is 0. The van der Waals surface area contributed by atoms with Gasteiger partial charge in [-0.15, -0.1) is 0 Å². The van der Waals surface area contributed by atoms with Crippen molar-refractivity contribution in [3.63, 3.8) is 0 Å². The average Bonchev–Trinajstić information content (AvgIpc) is 4.09. The Morgan fingerprint density at radius 3 is 1.85 bits per heavy atom. The number of phenols is 1. The number of ether oxygens (including phenoxy) is 1. The summed E-state index contributed by atoms with van der Waals surface area (Å²) in [5, 5.41) is 35.2. The second kappa shape index (κ2) is 26.3. The van der Waals surface area contributed by atoms with Crippen molar-refractivity contribution in [2.24, 2.45) is 5.92 Å². The lowest BCUT2D eigenvalue weighted by molar-refractivity contribution is -0.143. The average molecular weight is 1030 g/mol. The van der Waals surface area contributed by atoms with Crippen LogP contribution in [-0.2, 0) is 35.2 Å². The van der Waals surface area contributed by atoms with Gasteiger partial charge in [0.15, 0.2) is 0 Å². The number of fused-ring (bicyclic) bond motifs is 2. The highest BCUT2D eigenvalue weighted by atomic mass is 16.5. The molecule has 0 spiro atoms. The number of nitrogens with zero attached hydrogens (tertiary/aromatic N) is 2. The van der Waals surface area contributed by atoms with Gasteiger partial charge in [0.2, 0.25) is 35.4 Å². The van der Waals surface area contributed by atoms with Gasteiger partial charge < -0.3 is 51.3 Å². The Balaban J connectivity index is 1.09. The van der Waals surface area contributed by atoms with E-state index in [2.05, 4.69) is 33.5 Å². The lowest BCUT2D eigenvalue weighted by Gasteiger charge is -2.31. The number of hydrogen-bond acceptors (Lipinski definition) is 10. The molecule has 75 heavy (non-hydrogen) atoms. The number of β-amino-alcohol motifs (C(OH)–C–C–N with tert-alkyl or cyclic N) is 1. The van der Waals surface area contributed by atoms with E-state index in [1.165, 1.54) is 21.9 Å². The molecule has 17 heteroatoms. The largest absolute Gasteiger partial charge is 0.508 e. The molecule has 4 aromatic rings. The van der Waals surface area contributed by atoms with E-state index in [9.17, 15) is 43.8 Å². The van der Waals surface area contributed by atoms with Crippen molar-refractivity contribution in [3.05, 3.63) is 108 Å². The molecule has 3 aliphatic rings. The number of aryl methyl sites for hydroxylation is 1. The van der Waals surface area contributed by atoms with Crippen LogP contribution in [0.15, 0.2) is 97.1 Å². The highest BCUT2D eigenvalue weighted by molar-refractivity contribution is 6.00. The van der Waals surface area contributed by atoms with Crippen molar-refractivity contribution in [1.82, 2.24) is 36.4 Å². The number of aliphatic hydroxyl groups excluding tert-OH is 1. The topological polar surface area (TPSA) is 236 Å². The predicted molar refractivity (Wildman–Crippen MR) is 284 cm³/mol. The Bertz CT molecular complexity index is 2610. The quantitative estimate of drug-likeness (QED) is 0.0794. The molecule has 4 aromatic carbocycles. The number of carbonyl (C=O) groups is 7. The van der Waals surface area contributed by atoms with Crippen molar-refractivity contribution in [2.75, 3.05) is 26.2 Å². The van der Waals surface area contributed by atoms with Gasteiger partial charge in [-0.25, -0.2) is 0 Å². The zero-order chi connectivity index (χ0) is 53.6. The third-order valence-corrected chi connectivity index (χ3v) is 14.5. The first-order chi connectivity index (χ1) is 36.1. The molecule has 0 unspecified atom stereocenters. The number of hydrogen-bond donors (Lipinski definition) is 7. The van der Waals surface area contributed by atoms with Crippen LogP contribution in [0.4, 0.5) is 0 Å². The summed E-state index contributed by atoms with van der Waals surface area (Å²) in [4.78, 5) is 102. The Morgan fingerprint density at radius 2 is 1.24 bits per heavy atom. The smallest absolute Gasteiger partial charge is 0.251 e. The van der Waals surface area contributed by atoms with E-state index in [1.54, 1.807) is 50.2 Å². The van der Waals surface area contributed by atoms with E-state index in [-0.39, 0.29) is 62.5 Å². The molecular weight excluding hydrogens is 955 g/mol. The summed E-state index contributed by atoms with van der Waals surface area (Å²) in [7, 11) is 0. The number of rotatable bonds is 14. The van der Waals surface area contributed by atoms with Gasteiger partial charge in [0.25, 0.3) is 5.91 Å². The van der Waals surface area contributed by atoms with E-state index >= 15 is 0 Å². The molecule has 7 amide bonds. The molecule has 0 aliphatic carbocycles. The molecule has 7 rings (SSSR count). The van der Waals surface area contributed by atoms with Gasteiger partial charge >= 0.3 is 0 Å². The molecule has 7 N–H and O–H groups in total. The van der Waals surface area contributed by atoms with E-state index in [4.69, 9.17) is 4.74 Å². The van der Waals surface area contributed by atoms with Gasteiger partial charge in [-0.1, -0.05) is 101 Å². The van der Waals surface area contributed by atoms with Crippen LogP contribution in [0.1, 0.15) is 108 Å². The van der Waals surface area contributed by atoms with Gasteiger partial charge in [0.1, 0.15) is 47.8 Å². The standard InChI is InChI=1S/C58H73N7O10/c1-5-8-9-31-75-45-27-23-41(24-28-45)39-17-15-38(16-18-39)40-19-21-42(22-20-40)52(68)63-49-33-44(67)34-59-55(71)51-32-36(4)35-65(51)58(74)47(7-3)60-53(69)48(29-14-37-12-25-43(66)26-13-37)62-56(72)50-11-10-30-64(50)57(73)46(6-2)61-54(49)70/h12-13,15-28,36,44,46-51,66-67H,5-11,14,29-35H2,1-4H3,(H,59,71)(H,60,69)(H,61,70)(H,62,72)(H,63,68)/t36-,44-,46+,47+,48+,49+,50+,51+/m1/s1. The normalized spacial score (nSPS) is 24.2. The maximum atomic E-state index is 14.3. The van der Waals surface area contributed by atoms with Gasteiger partial charge in [-0.05, 0) is 121 Å². The number of nitrogens with one attached hydrogen (secondary N) is 5. The number of amides is 7. The van der Waals surface area contributed by atoms with Crippen LogP contribution in [0, 0.1) is 5.92 Å².